The molecule has 0 spiro atoms. The second-order valence-corrected chi connectivity index (χ2v) is 7.46. The normalized spacial score (nSPS) is 10.5. The van der Waals surface area contributed by atoms with Gasteiger partial charge < -0.3 is 14.8 Å². The first kappa shape index (κ1) is 20.6. The number of carbonyl (C=O) groups excluding carboxylic acids is 2. The number of hydrogen-bond donors (Lipinski definition) is 1. The number of esters is 1. The highest BCUT2D eigenvalue weighted by molar-refractivity contribution is 7.15. The number of anilines is 1. The zero-order valence-corrected chi connectivity index (χ0v) is 17.7. The molecule has 2 aromatic carbocycles. The van der Waals surface area contributed by atoms with E-state index in [2.05, 4.69) is 11.4 Å². The molecule has 29 heavy (non-hydrogen) atoms. The lowest BCUT2D eigenvalue weighted by molar-refractivity contribution is 0.0529. The minimum Gasteiger partial charge on any atom is -0.497 e. The van der Waals surface area contributed by atoms with Gasteiger partial charge in [-0.3, -0.25) is 4.79 Å². The predicted molar refractivity (Wildman–Crippen MR) is 116 cm³/mol. The summed E-state index contributed by atoms with van der Waals surface area (Å²) < 4.78 is 10.5. The van der Waals surface area contributed by atoms with Gasteiger partial charge in [-0.15, -0.1) is 11.3 Å². The Kier molecular flexibility index (Phi) is 6.34. The summed E-state index contributed by atoms with van der Waals surface area (Å²) in [6.45, 7) is 6.04. The standard InChI is InChI=1S/C23H23NO4S/c1-5-28-23(26)20-19(18-10-9-14(2)11-15(18)3)13-29-22(20)24-21(25)16-7-6-8-17(12-16)27-4/h6-13H,5H2,1-4H3,(H,24,25). The predicted octanol–water partition coefficient (Wildman–Crippen LogP) is 5.47. The van der Waals surface area contributed by atoms with Crippen LogP contribution in [0.3, 0.4) is 0 Å². The van der Waals surface area contributed by atoms with E-state index < -0.39 is 5.97 Å². The molecule has 0 aliphatic rings. The molecule has 0 unspecified atom stereocenters. The Morgan fingerprint density at radius 1 is 1.07 bits per heavy atom. The van der Waals surface area contributed by atoms with E-state index in [1.807, 2.05) is 31.4 Å². The Balaban J connectivity index is 2.01. The maximum atomic E-state index is 12.8. The molecular formula is C23H23NO4S. The van der Waals surface area contributed by atoms with E-state index in [9.17, 15) is 9.59 Å². The monoisotopic (exact) mass is 409 g/mol. The molecule has 3 aromatic rings. The fraction of sp³-hybridized carbons (Fsp3) is 0.217. The van der Waals surface area contributed by atoms with Crippen molar-refractivity contribution < 1.29 is 19.1 Å². The number of hydrogen-bond acceptors (Lipinski definition) is 5. The minimum absolute atomic E-state index is 0.254. The molecule has 6 heteroatoms. The topological polar surface area (TPSA) is 64.6 Å². The van der Waals surface area contributed by atoms with Crippen LogP contribution >= 0.6 is 11.3 Å². The first-order chi connectivity index (χ1) is 13.9. The van der Waals surface area contributed by atoms with Gasteiger partial charge in [0.2, 0.25) is 0 Å². The fourth-order valence-electron chi connectivity index (χ4n) is 3.11. The third-order valence-electron chi connectivity index (χ3n) is 4.50. The summed E-state index contributed by atoms with van der Waals surface area (Å²) >= 11 is 1.31. The number of carbonyl (C=O) groups is 2. The summed E-state index contributed by atoms with van der Waals surface area (Å²) in [6.07, 6.45) is 0. The summed E-state index contributed by atoms with van der Waals surface area (Å²) in [5.74, 6) is -0.182. The molecule has 150 valence electrons. The van der Waals surface area contributed by atoms with Gasteiger partial charge in [0.25, 0.3) is 5.91 Å². The molecule has 1 N–H and O–H groups in total. The Hall–Kier alpha value is -3.12. The van der Waals surface area contributed by atoms with Crippen LogP contribution in [-0.4, -0.2) is 25.6 Å². The van der Waals surface area contributed by atoms with Crippen LogP contribution in [-0.2, 0) is 4.74 Å². The minimum atomic E-state index is -0.454. The van der Waals surface area contributed by atoms with Crippen molar-refractivity contribution in [2.24, 2.45) is 0 Å². The molecule has 1 amide bonds. The van der Waals surface area contributed by atoms with Gasteiger partial charge in [-0.25, -0.2) is 4.79 Å². The van der Waals surface area contributed by atoms with Gasteiger partial charge in [0.05, 0.1) is 13.7 Å². The Labute approximate surface area is 174 Å². The molecule has 1 aromatic heterocycles. The van der Waals surface area contributed by atoms with E-state index in [4.69, 9.17) is 9.47 Å². The third kappa shape index (κ3) is 4.49. The van der Waals surface area contributed by atoms with Gasteiger partial charge in [0.1, 0.15) is 16.3 Å². The number of ether oxygens (including phenoxy) is 2. The number of rotatable bonds is 6. The highest BCUT2D eigenvalue weighted by Gasteiger charge is 2.24. The van der Waals surface area contributed by atoms with E-state index in [-0.39, 0.29) is 12.5 Å². The molecule has 0 saturated carbocycles. The van der Waals surface area contributed by atoms with Crippen molar-refractivity contribution in [1.82, 2.24) is 0 Å². The number of aryl methyl sites for hydroxylation is 2. The SMILES string of the molecule is CCOC(=O)c1c(-c2ccc(C)cc2C)csc1NC(=O)c1cccc(OC)c1. The van der Waals surface area contributed by atoms with Gasteiger partial charge in [0.15, 0.2) is 0 Å². The van der Waals surface area contributed by atoms with Gasteiger partial charge in [-0.1, -0.05) is 29.8 Å². The zero-order valence-electron chi connectivity index (χ0n) is 16.9. The molecule has 3 rings (SSSR count). The van der Waals surface area contributed by atoms with Crippen LogP contribution in [0.25, 0.3) is 11.1 Å². The second kappa shape index (κ2) is 8.92. The van der Waals surface area contributed by atoms with E-state index in [0.29, 0.717) is 21.9 Å². The molecule has 0 aliphatic heterocycles. The van der Waals surface area contributed by atoms with E-state index in [1.165, 1.54) is 11.3 Å². The van der Waals surface area contributed by atoms with E-state index in [0.717, 1.165) is 22.3 Å². The average molecular weight is 410 g/mol. The van der Waals surface area contributed by atoms with Gasteiger partial charge >= 0.3 is 5.97 Å². The number of benzene rings is 2. The van der Waals surface area contributed by atoms with Gasteiger partial charge in [-0.2, -0.15) is 0 Å². The summed E-state index contributed by atoms with van der Waals surface area (Å²) in [5, 5.41) is 5.21. The Morgan fingerprint density at radius 2 is 1.86 bits per heavy atom. The summed E-state index contributed by atoms with van der Waals surface area (Å²) in [4.78, 5) is 25.5. The largest absolute Gasteiger partial charge is 0.497 e. The maximum Gasteiger partial charge on any atom is 0.341 e. The Morgan fingerprint density at radius 3 is 2.55 bits per heavy atom. The number of amides is 1. The van der Waals surface area contributed by atoms with E-state index >= 15 is 0 Å². The Bertz CT molecular complexity index is 1050. The van der Waals surface area contributed by atoms with Crippen molar-refractivity contribution in [1.29, 1.82) is 0 Å². The highest BCUT2D eigenvalue weighted by atomic mass is 32.1. The van der Waals surface area contributed by atoms with Crippen molar-refractivity contribution in [3.8, 4) is 16.9 Å². The number of thiophene rings is 1. The third-order valence-corrected chi connectivity index (χ3v) is 5.40. The lowest BCUT2D eigenvalue weighted by Gasteiger charge is -2.11. The maximum absolute atomic E-state index is 12.8. The van der Waals surface area contributed by atoms with Crippen LogP contribution in [0.4, 0.5) is 5.00 Å². The van der Waals surface area contributed by atoms with Crippen molar-refractivity contribution >= 4 is 28.2 Å². The quantitative estimate of drug-likeness (QED) is 0.548. The molecule has 0 atom stereocenters. The summed E-state index contributed by atoms with van der Waals surface area (Å²) in [7, 11) is 1.55. The first-order valence-corrected chi connectivity index (χ1v) is 10.1. The lowest BCUT2D eigenvalue weighted by Crippen LogP contribution is -2.15. The fourth-order valence-corrected chi connectivity index (χ4v) is 4.05. The molecule has 0 bridgehead atoms. The molecule has 5 nitrogen and oxygen atoms in total. The van der Waals surface area contributed by atoms with Gasteiger partial charge in [-0.05, 0) is 50.1 Å². The van der Waals surface area contributed by atoms with Crippen LogP contribution < -0.4 is 10.1 Å². The highest BCUT2D eigenvalue weighted by Crippen LogP contribution is 2.38. The van der Waals surface area contributed by atoms with Crippen molar-refractivity contribution in [3.05, 3.63) is 70.1 Å². The van der Waals surface area contributed by atoms with Crippen molar-refractivity contribution in [3.63, 3.8) is 0 Å². The average Bonchev–Trinajstić information content (AvgIpc) is 3.11. The molecule has 0 aliphatic carbocycles. The molecule has 0 fully saturated rings. The first-order valence-electron chi connectivity index (χ1n) is 9.26. The number of nitrogens with one attached hydrogen (secondary N) is 1. The molecule has 1 heterocycles. The van der Waals surface area contributed by atoms with Crippen LogP contribution in [0.5, 0.6) is 5.75 Å². The molecule has 0 radical (unpaired) electrons. The summed E-state index contributed by atoms with van der Waals surface area (Å²) in [6, 6.07) is 12.9. The van der Waals surface area contributed by atoms with Crippen LogP contribution in [0, 0.1) is 13.8 Å². The van der Waals surface area contributed by atoms with Crippen LogP contribution in [0.15, 0.2) is 47.8 Å². The van der Waals surface area contributed by atoms with Crippen LogP contribution in [0.2, 0.25) is 0 Å². The lowest BCUT2D eigenvalue weighted by atomic mass is 9.97. The summed E-state index contributed by atoms with van der Waals surface area (Å²) in [5.41, 5.74) is 4.72. The van der Waals surface area contributed by atoms with Crippen molar-refractivity contribution in [2.75, 3.05) is 19.0 Å². The van der Waals surface area contributed by atoms with Crippen LogP contribution in [0.1, 0.15) is 38.8 Å². The van der Waals surface area contributed by atoms with Gasteiger partial charge in [0, 0.05) is 16.5 Å². The molecule has 0 saturated heterocycles. The van der Waals surface area contributed by atoms with Crippen molar-refractivity contribution in [2.45, 2.75) is 20.8 Å². The number of methoxy groups -OCH3 is 1. The smallest absolute Gasteiger partial charge is 0.341 e. The zero-order chi connectivity index (χ0) is 21.0. The second-order valence-electron chi connectivity index (χ2n) is 6.58. The molecular weight excluding hydrogens is 386 g/mol. The van der Waals surface area contributed by atoms with E-state index in [1.54, 1.807) is 38.3 Å².